The number of rotatable bonds is 4. The minimum absolute atomic E-state index is 0.182. The smallest absolute Gasteiger partial charge is 0.234 e. The molecule has 1 heterocycles. The van der Waals surface area contributed by atoms with Crippen LogP contribution in [0.1, 0.15) is 17.0 Å². The van der Waals surface area contributed by atoms with Gasteiger partial charge in [-0.3, -0.25) is 0 Å². The lowest BCUT2D eigenvalue weighted by Crippen LogP contribution is -1.82. The molecule has 0 aromatic carbocycles. The number of nitrogens with zero attached hydrogens (tertiary/aromatic N) is 2. The highest BCUT2D eigenvalue weighted by atomic mass is 32.2. The molecule has 0 saturated carbocycles. The maximum absolute atomic E-state index is 12.4. The first-order chi connectivity index (χ1) is 7.54. The van der Waals surface area contributed by atoms with Gasteiger partial charge in [0.05, 0.1) is 5.69 Å². The van der Waals surface area contributed by atoms with E-state index < -0.39 is 11.9 Å². The number of nitriles is 1. The number of aryl methyl sites for hydroxylation is 1. The predicted molar refractivity (Wildman–Crippen MR) is 57.3 cm³/mol. The normalized spacial score (nSPS) is 9.94. The highest BCUT2D eigenvalue weighted by Gasteiger charge is 2.09. The van der Waals surface area contributed by atoms with Gasteiger partial charge in [0.2, 0.25) is 0 Å². The Kier molecular flexibility index (Phi) is 4.83. The zero-order valence-corrected chi connectivity index (χ0v) is 9.89. The standard InChI is InChI=1S/C9H7F3N2S2/c1-5-7(4-13)16-9(14-5)15-3-2-6(10)8(11)12/h2-3H2,1H3. The summed E-state index contributed by atoms with van der Waals surface area (Å²) in [4.78, 5) is 4.55. The molecule has 0 fully saturated rings. The van der Waals surface area contributed by atoms with Gasteiger partial charge < -0.3 is 0 Å². The molecule has 0 aliphatic heterocycles. The van der Waals surface area contributed by atoms with Gasteiger partial charge in [-0.15, -0.1) is 0 Å². The van der Waals surface area contributed by atoms with Crippen molar-refractivity contribution in [2.24, 2.45) is 0 Å². The van der Waals surface area contributed by atoms with E-state index in [0.717, 1.165) is 0 Å². The summed E-state index contributed by atoms with van der Waals surface area (Å²) in [5.74, 6) is -1.21. The first-order valence-electron chi connectivity index (χ1n) is 4.24. The predicted octanol–water partition coefficient (Wildman–Crippen LogP) is 3.88. The highest BCUT2D eigenvalue weighted by Crippen LogP contribution is 2.28. The number of thiazole rings is 1. The van der Waals surface area contributed by atoms with Crippen LogP contribution in [0, 0.1) is 18.3 Å². The molecule has 7 heteroatoms. The van der Waals surface area contributed by atoms with Crippen molar-refractivity contribution in [1.82, 2.24) is 4.98 Å². The van der Waals surface area contributed by atoms with Gasteiger partial charge in [-0.25, -0.2) is 9.37 Å². The summed E-state index contributed by atoms with van der Waals surface area (Å²) in [6, 6.07) is 1.97. The van der Waals surface area contributed by atoms with Gasteiger partial charge in [0.15, 0.2) is 10.2 Å². The maximum atomic E-state index is 12.4. The lowest BCUT2D eigenvalue weighted by molar-refractivity contribution is 0.373. The van der Waals surface area contributed by atoms with Gasteiger partial charge in [-0.05, 0) is 6.92 Å². The maximum Gasteiger partial charge on any atom is 0.301 e. The lowest BCUT2D eigenvalue weighted by Gasteiger charge is -1.94. The zero-order chi connectivity index (χ0) is 12.1. The van der Waals surface area contributed by atoms with Crippen LogP contribution in [-0.2, 0) is 0 Å². The Bertz CT molecular complexity index is 444. The average molecular weight is 264 g/mol. The first kappa shape index (κ1) is 13.1. The van der Waals surface area contributed by atoms with Gasteiger partial charge in [-0.2, -0.15) is 14.0 Å². The molecule has 2 nitrogen and oxygen atoms in total. The minimum atomic E-state index is -2.27. The Balaban J connectivity index is 2.50. The molecular weight excluding hydrogens is 257 g/mol. The van der Waals surface area contributed by atoms with Crippen molar-refractivity contribution in [1.29, 1.82) is 5.26 Å². The van der Waals surface area contributed by atoms with Crippen molar-refractivity contribution in [2.75, 3.05) is 5.75 Å². The molecule has 16 heavy (non-hydrogen) atoms. The van der Waals surface area contributed by atoms with Crippen LogP contribution in [0.5, 0.6) is 0 Å². The molecular formula is C9H7F3N2S2. The molecule has 86 valence electrons. The molecule has 1 aromatic rings. The Morgan fingerprint density at radius 2 is 2.19 bits per heavy atom. The van der Waals surface area contributed by atoms with E-state index in [4.69, 9.17) is 5.26 Å². The average Bonchev–Trinajstić information content (AvgIpc) is 2.58. The number of halogens is 3. The molecule has 1 aromatic heterocycles. The monoisotopic (exact) mass is 264 g/mol. The summed E-state index contributed by atoms with van der Waals surface area (Å²) in [6.45, 7) is 1.70. The quantitative estimate of drug-likeness (QED) is 0.774. The van der Waals surface area contributed by atoms with Crippen molar-refractivity contribution in [3.05, 3.63) is 22.5 Å². The van der Waals surface area contributed by atoms with E-state index in [1.165, 1.54) is 23.1 Å². The van der Waals surface area contributed by atoms with Crippen molar-refractivity contribution in [3.8, 4) is 6.07 Å². The lowest BCUT2D eigenvalue weighted by atomic mass is 10.4. The zero-order valence-electron chi connectivity index (χ0n) is 8.26. The van der Waals surface area contributed by atoms with Crippen LogP contribution in [0.3, 0.4) is 0 Å². The Morgan fingerprint density at radius 3 is 2.69 bits per heavy atom. The molecule has 0 aliphatic rings. The summed E-state index contributed by atoms with van der Waals surface area (Å²) in [6.07, 6.45) is -2.60. The third-order valence-corrected chi connectivity index (χ3v) is 3.84. The van der Waals surface area contributed by atoms with Crippen LogP contribution < -0.4 is 0 Å². The van der Waals surface area contributed by atoms with Crippen molar-refractivity contribution in [2.45, 2.75) is 17.7 Å². The molecule has 0 unspecified atom stereocenters. The molecule has 0 N–H and O–H groups in total. The summed E-state index contributed by atoms with van der Waals surface area (Å²) < 4.78 is 36.5. The van der Waals surface area contributed by atoms with Gasteiger partial charge in [0.1, 0.15) is 10.9 Å². The van der Waals surface area contributed by atoms with Gasteiger partial charge in [0.25, 0.3) is 0 Å². The number of thioether (sulfide) groups is 1. The van der Waals surface area contributed by atoms with Gasteiger partial charge in [-0.1, -0.05) is 23.1 Å². The fraction of sp³-hybridized carbons (Fsp3) is 0.333. The van der Waals surface area contributed by atoms with E-state index in [9.17, 15) is 13.2 Å². The second-order valence-corrected chi connectivity index (χ2v) is 5.11. The molecule has 0 saturated heterocycles. The van der Waals surface area contributed by atoms with E-state index in [1.54, 1.807) is 6.92 Å². The second-order valence-electron chi connectivity index (χ2n) is 2.77. The van der Waals surface area contributed by atoms with Crippen LogP contribution in [-0.4, -0.2) is 10.7 Å². The minimum Gasteiger partial charge on any atom is -0.234 e. The molecule has 0 atom stereocenters. The van der Waals surface area contributed by atoms with Crippen molar-refractivity contribution >= 4 is 23.1 Å². The molecule has 0 aliphatic carbocycles. The van der Waals surface area contributed by atoms with E-state index in [2.05, 4.69) is 4.98 Å². The van der Waals surface area contributed by atoms with Crippen LogP contribution in [0.4, 0.5) is 13.2 Å². The summed E-state index contributed by atoms with van der Waals surface area (Å²) >= 11 is 2.35. The largest absolute Gasteiger partial charge is 0.301 e. The van der Waals surface area contributed by atoms with Crippen molar-refractivity contribution < 1.29 is 13.2 Å². The Labute approximate surface area is 98.8 Å². The molecule has 0 bridgehead atoms. The van der Waals surface area contributed by atoms with Crippen LogP contribution >= 0.6 is 23.1 Å². The molecule has 1 rings (SSSR count). The number of hydrogen-bond donors (Lipinski definition) is 0. The number of hydrogen-bond acceptors (Lipinski definition) is 4. The number of aromatic nitrogens is 1. The highest BCUT2D eigenvalue weighted by molar-refractivity contribution is 8.01. The molecule has 0 amide bonds. The van der Waals surface area contributed by atoms with Crippen molar-refractivity contribution in [3.63, 3.8) is 0 Å². The summed E-state index contributed by atoms with van der Waals surface area (Å²) in [5, 5.41) is 8.66. The van der Waals surface area contributed by atoms with Crippen LogP contribution in [0.2, 0.25) is 0 Å². The molecule has 0 radical (unpaired) electrons. The van der Waals surface area contributed by atoms with Gasteiger partial charge >= 0.3 is 6.08 Å². The second kappa shape index (κ2) is 5.92. The Hall–Kier alpha value is -1.00. The first-order valence-corrected chi connectivity index (χ1v) is 6.04. The fourth-order valence-corrected chi connectivity index (χ4v) is 2.85. The van der Waals surface area contributed by atoms with Crippen LogP contribution in [0.25, 0.3) is 0 Å². The van der Waals surface area contributed by atoms with E-state index in [0.29, 0.717) is 14.9 Å². The van der Waals surface area contributed by atoms with E-state index in [-0.39, 0.29) is 12.2 Å². The van der Waals surface area contributed by atoms with Crippen LogP contribution in [0.15, 0.2) is 16.2 Å². The summed E-state index contributed by atoms with van der Waals surface area (Å²) in [5.41, 5.74) is 0.614. The Morgan fingerprint density at radius 1 is 1.50 bits per heavy atom. The topological polar surface area (TPSA) is 36.7 Å². The van der Waals surface area contributed by atoms with Gasteiger partial charge in [0, 0.05) is 12.2 Å². The summed E-state index contributed by atoms with van der Waals surface area (Å²) in [7, 11) is 0. The van der Waals surface area contributed by atoms with E-state index in [1.807, 2.05) is 6.07 Å². The number of allylic oxidation sites excluding steroid dienone is 1. The van der Waals surface area contributed by atoms with E-state index >= 15 is 0 Å². The third kappa shape index (κ3) is 3.54. The fourth-order valence-electron chi connectivity index (χ4n) is 0.860. The SMILES string of the molecule is Cc1nc(SCCC(F)=C(F)F)sc1C#N. The molecule has 0 spiro atoms. The third-order valence-electron chi connectivity index (χ3n) is 1.63.